The maximum absolute atomic E-state index is 13.3. The Bertz CT molecular complexity index is 948. The predicted octanol–water partition coefficient (Wildman–Crippen LogP) is 9.29. The van der Waals surface area contributed by atoms with Gasteiger partial charge in [-0.3, -0.25) is 0 Å². The van der Waals surface area contributed by atoms with E-state index in [-0.39, 0.29) is 23.2 Å². The second-order valence-corrected chi connectivity index (χ2v) is 17.8. The van der Waals surface area contributed by atoms with Gasteiger partial charge in [0.15, 0.2) is 0 Å². The molecule has 9 atom stereocenters. The third-order valence-electron chi connectivity index (χ3n) is 14.4. The fraction of sp³-hybridized carbons (Fsp3) is 0.972. The summed E-state index contributed by atoms with van der Waals surface area (Å²) in [4.78, 5) is 13.3. The van der Waals surface area contributed by atoms with Crippen LogP contribution in [-0.2, 0) is 4.74 Å². The normalized spacial score (nSPS) is 43.2. The molecular formula is C36H63NO3. The number of fused-ring (bicyclic) bond motifs is 5. The van der Waals surface area contributed by atoms with Crippen LogP contribution in [0.5, 0.6) is 0 Å². The van der Waals surface area contributed by atoms with E-state index in [9.17, 15) is 9.90 Å². The molecule has 4 heteroatoms. The average Bonchev–Trinajstić information content (AvgIpc) is 3.49. The number of ether oxygens (including phenoxy) is 1. The molecular weight excluding hydrogens is 494 g/mol. The summed E-state index contributed by atoms with van der Waals surface area (Å²) >= 11 is 0. The van der Waals surface area contributed by atoms with Crippen LogP contribution in [0.25, 0.3) is 0 Å². The Hall–Kier alpha value is -0.770. The molecule has 230 valence electrons. The highest BCUT2D eigenvalue weighted by molar-refractivity contribution is 5.69. The van der Waals surface area contributed by atoms with Crippen LogP contribution < -0.4 is 5.32 Å². The van der Waals surface area contributed by atoms with Gasteiger partial charge in [0.05, 0.1) is 6.10 Å². The molecule has 5 aliphatic rings. The second kappa shape index (κ2) is 10.2. The molecule has 5 rings (SSSR count). The topological polar surface area (TPSA) is 58.6 Å². The van der Waals surface area contributed by atoms with Crippen LogP contribution in [0.3, 0.4) is 0 Å². The lowest BCUT2D eigenvalue weighted by Crippen LogP contribution is -2.66. The van der Waals surface area contributed by atoms with Crippen molar-refractivity contribution < 1.29 is 14.6 Å². The van der Waals surface area contributed by atoms with E-state index < -0.39 is 5.60 Å². The Morgan fingerprint density at radius 1 is 0.900 bits per heavy atom. The summed E-state index contributed by atoms with van der Waals surface area (Å²) in [5.41, 5.74) is 0.533. The minimum Gasteiger partial charge on any atom is -0.444 e. The van der Waals surface area contributed by atoms with E-state index in [0.717, 1.165) is 43.9 Å². The fourth-order valence-corrected chi connectivity index (χ4v) is 11.1. The molecule has 5 saturated carbocycles. The molecule has 0 spiro atoms. The Labute approximate surface area is 246 Å². The Morgan fingerprint density at radius 2 is 1.60 bits per heavy atom. The van der Waals surface area contributed by atoms with E-state index in [0.29, 0.717) is 34.0 Å². The molecule has 5 fully saturated rings. The Kier molecular flexibility index (Phi) is 7.79. The molecule has 4 nitrogen and oxygen atoms in total. The zero-order chi connectivity index (χ0) is 29.4. The number of hydrogen-bond donors (Lipinski definition) is 2. The third kappa shape index (κ3) is 4.96. The van der Waals surface area contributed by atoms with Gasteiger partial charge in [0.25, 0.3) is 0 Å². The van der Waals surface area contributed by atoms with Crippen molar-refractivity contribution >= 4 is 6.09 Å². The first kappa shape index (κ1) is 30.7. The maximum Gasteiger partial charge on any atom is 0.408 e. The molecule has 0 bridgehead atoms. The molecule has 2 N–H and O–H groups in total. The number of carbonyl (C=O) groups excluding carboxylic acids is 1. The van der Waals surface area contributed by atoms with Gasteiger partial charge in [-0.2, -0.15) is 0 Å². The quantitative estimate of drug-likeness (QED) is 0.328. The van der Waals surface area contributed by atoms with Gasteiger partial charge in [-0.1, -0.05) is 54.4 Å². The zero-order valence-electron chi connectivity index (χ0n) is 27.6. The molecule has 0 unspecified atom stereocenters. The van der Waals surface area contributed by atoms with Crippen molar-refractivity contribution in [1.82, 2.24) is 5.32 Å². The van der Waals surface area contributed by atoms with Crippen LogP contribution in [0.2, 0.25) is 0 Å². The van der Waals surface area contributed by atoms with Gasteiger partial charge >= 0.3 is 6.09 Å². The van der Waals surface area contributed by atoms with Gasteiger partial charge in [-0.25, -0.2) is 4.79 Å². The van der Waals surface area contributed by atoms with Crippen LogP contribution in [0.4, 0.5) is 4.79 Å². The number of aliphatic hydroxyl groups excluding tert-OH is 1. The van der Waals surface area contributed by atoms with Gasteiger partial charge < -0.3 is 15.2 Å². The lowest BCUT2D eigenvalue weighted by molar-refractivity contribution is -0.185. The summed E-state index contributed by atoms with van der Waals surface area (Å²) in [6.07, 6.45) is 16.7. The first-order valence-electron chi connectivity index (χ1n) is 17.2. The van der Waals surface area contributed by atoms with Crippen molar-refractivity contribution in [3.63, 3.8) is 0 Å². The molecule has 0 radical (unpaired) electrons. The van der Waals surface area contributed by atoms with Gasteiger partial charge in [0.2, 0.25) is 0 Å². The minimum absolute atomic E-state index is 0.00950. The van der Waals surface area contributed by atoms with E-state index in [2.05, 4.69) is 46.9 Å². The number of amides is 1. The SMILES string of the molecule is CCCC[C@H](O)C(C)(C)[C@@H]1CC[C@]2(C)[C@H](CC[C@@H]3[C@H]4[C@H](C5(C)CC5)CC[C@]4(NC(=O)OC(C)(C)C)CC[C@]32C)C1. The Morgan fingerprint density at radius 3 is 2.23 bits per heavy atom. The summed E-state index contributed by atoms with van der Waals surface area (Å²) in [5.74, 6) is 3.30. The van der Waals surface area contributed by atoms with Crippen LogP contribution in [-0.4, -0.2) is 28.4 Å². The largest absolute Gasteiger partial charge is 0.444 e. The minimum atomic E-state index is -0.470. The summed E-state index contributed by atoms with van der Waals surface area (Å²) < 4.78 is 5.86. The maximum atomic E-state index is 13.3. The van der Waals surface area contributed by atoms with E-state index in [4.69, 9.17) is 4.74 Å². The molecule has 0 aromatic heterocycles. The molecule has 1 amide bonds. The summed E-state index contributed by atoms with van der Waals surface area (Å²) in [5, 5.41) is 14.8. The highest BCUT2D eigenvalue weighted by Crippen LogP contribution is 2.74. The van der Waals surface area contributed by atoms with Crippen LogP contribution >= 0.6 is 0 Å². The van der Waals surface area contributed by atoms with Gasteiger partial charge in [0.1, 0.15) is 5.60 Å². The number of alkyl carbamates (subject to hydrolysis) is 1. The molecule has 5 aliphatic carbocycles. The van der Waals surface area contributed by atoms with Crippen LogP contribution in [0, 0.1) is 51.2 Å². The number of carbonyl (C=O) groups is 1. The number of nitrogens with one attached hydrogen (secondary N) is 1. The predicted molar refractivity (Wildman–Crippen MR) is 164 cm³/mol. The summed E-state index contributed by atoms with van der Waals surface area (Å²) in [7, 11) is 0. The monoisotopic (exact) mass is 557 g/mol. The first-order valence-corrected chi connectivity index (χ1v) is 17.2. The molecule has 0 heterocycles. The first-order chi connectivity index (χ1) is 18.5. The van der Waals surface area contributed by atoms with E-state index in [1.54, 1.807) is 0 Å². The third-order valence-corrected chi connectivity index (χ3v) is 14.4. The van der Waals surface area contributed by atoms with Crippen LogP contribution in [0.1, 0.15) is 152 Å². The van der Waals surface area contributed by atoms with Crippen molar-refractivity contribution in [2.75, 3.05) is 0 Å². The lowest BCUT2D eigenvalue weighted by Gasteiger charge is -2.68. The summed E-state index contributed by atoms with van der Waals surface area (Å²) in [6.45, 7) is 20.7. The zero-order valence-corrected chi connectivity index (χ0v) is 27.6. The summed E-state index contributed by atoms with van der Waals surface area (Å²) in [6, 6.07) is 0. The van der Waals surface area contributed by atoms with Crippen molar-refractivity contribution in [3.05, 3.63) is 0 Å². The Balaban J connectivity index is 1.40. The number of unbranched alkanes of at least 4 members (excludes halogenated alkanes) is 1. The molecule has 0 aromatic rings. The second-order valence-electron chi connectivity index (χ2n) is 17.8. The van der Waals surface area contributed by atoms with E-state index in [1.165, 1.54) is 57.8 Å². The lowest BCUT2D eigenvalue weighted by atomic mass is 9.37. The molecule has 40 heavy (non-hydrogen) atoms. The van der Waals surface area contributed by atoms with E-state index >= 15 is 0 Å². The van der Waals surface area contributed by atoms with Crippen molar-refractivity contribution in [2.24, 2.45) is 51.2 Å². The van der Waals surface area contributed by atoms with Crippen molar-refractivity contribution in [1.29, 1.82) is 0 Å². The number of rotatable bonds is 7. The van der Waals surface area contributed by atoms with E-state index in [1.807, 2.05) is 20.8 Å². The fourth-order valence-electron chi connectivity index (χ4n) is 11.1. The highest BCUT2D eigenvalue weighted by Gasteiger charge is 2.69. The van der Waals surface area contributed by atoms with Crippen LogP contribution in [0.15, 0.2) is 0 Å². The smallest absolute Gasteiger partial charge is 0.408 e. The average molecular weight is 558 g/mol. The molecule has 0 saturated heterocycles. The number of aliphatic hydroxyl groups is 1. The van der Waals surface area contributed by atoms with Gasteiger partial charge in [-0.15, -0.1) is 0 Å². The standard InChI is InChI=1S/C36H63NO3/c1-10-11-12-28(38)32(5,6)24-15-17-34(8)25(23-24)13-14-27-29-26(33(7)19-20-33)16-18-36(29,22-21-35(27,34)9)37-30(39)40-31(2,3)4/h24-29,38H,10-23H2,1-9H3,(H,37,39)/t24-,25-,26-,27-,28+,29-,34-,35-,36+/m1/s1. The highest BCUT2D eigenvalue weighted by atomic mass is 16.6. The number of hydrogen-bond acceptors (Lipinski definition) is 3. The van der Waals surface area contributed by atoms with Gasteiger partial charge in [0, 0.05) is 5.54 Å². The molecule has 0 aromatic carbocycles. The molecule has 0 aliphatic heterocycles. The van der Waals surface area contributed by atoms with Gasteiger partial charge in [-0.05, 0) is 149 Å². The van der Waals surface area contributed by atoms with Crippen molar-refractivity contribution in [2.45, 2.75) is 169 Å². The van der Waals surface area contributed by atoms with Crippen molar-refractivity contribution in [3.8, 4) is 0 Å².